The second-order valence-corrected chi connectivity index (χ2v) is 4.13. The smallest absolute Gasteiger partial charge is 0.122 e. The number of nitrogens with one attached hydrogen (secondary N) is 1. The standard InChI is InChI=1S/C12H21N3O2/c1-15(2)8-12(14-13)9-5-10(16-3)7-11(6-9)17-4/h5-7,12,14H,8,13H2,1-4H3. The van der Waals surface area contributed by atoms with Crippen molar-refractivity contribution in [2.24, 2.45) is 5.84 Å². The van der Waals surface area contributed by atoms with Crippen LogP contribution in [-0.2, 0) is 0 Å². The molecule has 0 aliphatic rings. The maximum absolute atomic E-state index is 5.58. The van der Waals surface area contributed by atoms with Gasteiger partial charge in [0.25, 0.3) is 0 Å². The number of hydrogen-bond acceptors (Lipinski definition) is 5. The molecule has 0 saturated heterocycles. The van der Waals surface area contributed by atoms with E-state index in [-0.39, 0.29) is 6.04 Å². The Hall–Kier alpha value is -1.30. The van der Waals surface area contributed by atoms with E-state index in [0.29, 0.717) is 0 Å². The molecule has 0 amide bonds. The lowest BCUT2D eigenvalue weighted by atomic mass is 10.1. The normalized spacial score (nSPS) is 12.6. The summed E-state index contributed by atoms with van der Waals surface area (Å²) in [7, 11) is 7.27. The number of hydrogen-bond donors (Lipinski definition) is 2. The molecule has 0 radical (unpaired) electrons. The van der Waals surface area contributed by atoms with Crippen molar-refractivity contribution in [3.05, 3.63) is 23.8 Å². The van der Waals surface area contributed by atoms with Crippen LogP contribution in [0.4, 0.5) is 0 Å². The van der Waals surface area contributed by atoms with Crippen molar-refractivity contribution >= 4 is 0 Å². The third-order valence-electron chi connectivity index (χ3n) is 2.53. The zero-order valence-corrected chi connectivity index (χ0v) is 10.9. The SMILES string of the molecule is COc1cc(OC)cc(C(CN(C)C)NN)c1. The number of methoxy groups -OCH3 is 2. The average molecular weight is 239 g/mol. The molecule has 0 aromatic heterocycles. The van der Waals surface area contributed by atoms with Gasteiger partial charge in [-0.3, -0.25) is 11.3 Å². The van der Waals surface area contributed by atoms with Crippen molar-refractivity contribution in [1.29, 1.82) is 0 Å². The summed E-state index contributed by atoms with van der Waals surface area (Å²) in [5.41, 5.74) is 3.84. The highest BCUT2D eigenvalue weighted by molar-refractivity contribution is 5.39. The Bertz CT molecular complexity index is 333. The van der Waals surface area contributed by atoms with E-state index in [1.165, 1.54) is 0 Å². The van der Waals surface area contributed by atoms with Gasteiger partial charge in [0.05, 0.1) is 20.3 Å². The minimum Gasteiger partial charge on any atom is -0.497 e. The molecule has 3 N–H and O–H groups in total. The number of nitrogens with two attached hydrogens (primary N) is 1. The Morgan fingerprint density at radius 2 is 1.71 bits per heavy atom. The molecular weight excluding hydrogens is 218 g/mol. The first-order chi connectivity index (χ1) is 8.10. The monoisotopic (exact) mass is 239 g/mol. The molecule has 5 nitrogen and oxygen atoms in total. The van der Waals surface area contributed by atoms with Crippen LogP contribution in [0.2, 0.25) is 0 Å². The number of rotatable bonds is 6. The first-order valence-corrected chi connectivity index (χ1v) is 5.44. The van der Waals surface area contributed by atoms with Gasteiger partial charge in [0, 0.05) is 12.6 Å². The Morgan fingerprint density at radius 1 is 1.18 bits per heavy atom. The number of likely N-dealkylation sites (N-methyl/N-ethyl adjacent to an activating group) is 1. The van der Waals surface area contributed by atoms with E-state index >= 15 is 0 Å². The van der Waals surface area contributed by atoms with Crippen molar-refractivity contribution in [1.82, 2.24) is 10.3 Å². The predicted molar refractivity (Wildman–Crippen MR) is 68.2 cm³/mol. The highest BCUT2D eigenvalue weighted by atomic mass is 16.5. The van der Waals surface area contributed by atoms with Crippen LogP contribution in [0.25, 0.3) is 0 Å². The summed E-state index contributed by atoms with van der Waals surface area (Å²) in [6.45, 7) is 0.798. The summed E-state index contributed by atoms with van der Waals surface area (Å²) in [4.78, 5) is 2.07. The summed E-state index contributed by atoms with van der Waals surface area (Å²) in [6.07, 6.45) is 0. The molecule has 0 bridgehead atoms. The van der Waals surface area contributed by atoms with Crippen molar-refractivity contribution in [3.63, 3.8) is 0 Å². The maximum Gasteiger partial charge on any atom is 0.122 e. The van der Waals surface area contributed by atoms with Gasteiger partial charge in [-0.1, -0.05) is 0 Å². The number of hydrazine groups is 1. The molecule has 0 fully saturated rings. The van der Waals surface area contributed by atoms with Gasteiger partial charge >= 0.3 is 0 Å². The fourth-order valence-electron chi connectivity index (χ4n) is 1.65. The van der Waals surface area contributed by atoms with Gasteiger partial charge in [-0.15, -0.1) is 0 Å². The fraction of sp³-hybridized carbons (Fsp3) is 0.500. The Morgan fingerprint density at radius 3 is 2.06 bits per heavy atom. The molecule has 0 spiro atoms. The van der Waals surface area contributed by atoms with E-state index in [9.17, 15) is 0 Å². The van der Waals surface area contributed by atoms with Gasteiger partial charge in [0.2, 0.25) is 0 Å². The minimum absolute atomic E-state index is 0.0361. The molecule has 0 heterocycles. The van der Waals surface area contributed by atoms with Crippen molar-refractivity contribution < 1.29 is 9.47 Å². The first kappa shape index (κ1) is 13.8. The summed E-state index contributed by atoms with van der Waals surface area (Å²) in [6, 6.07) is 5.79. The van der Waals surface area contributed by atoms with Crippen LogP contribution in [0.1, 0.15) is 11.6 Å². The van der Waals surface area contributed by atoms with Crippen LogP contribution < -0.4 is 20.7 Å². The van der Waals surface area contributed by atoms with E-state index in [1.54, 1.807) is 14.2 Å². The van der Waals surface area contributed by atoms with Crippen molar-refractivity contribution in [3.8, 4) is 11.5 Å². The van der Waals surface area contributed by atoms with Gasteiger partial charge in [-0.05, 0) is 31.8 Å². The van der Waals surface area contributed by atoms with Gasteiger partial charge in [-0.25, -0.2) is 0 Å². The zero-order valence-electron chi connectivity index (χ0n) is 10.9. The predicted octanol–water partition coefficient (Wildman–Crippen LogP) is 0.770. The van der Waals surface area contributed by atoms with Crippen LogP contribution in [0.3, 0.4) is 0 Å². The van der Waals surface area contributed by atoms with E-state index in [1.807, 2.05) is 32.3 Å². The largest absolute Gasteiger partial charge is 0.497 e. The van der Waals surface area contributed by atoms with Crippen LogP contribution in [-0.4, -0.2) is 39.8 Å². The van der Waals surface area contributed by atoms with Crippen LogP contribution in [0.5, 0.6) is 11.5 Å². The van der Waals surface area contributed by atoms with Crippen LogP contribution in [0, 0.1) is 0 Å². The highest BCUT2D eigenvalue weighted by Gasteiger charge is 2.13. The molecule has 96 valence electrons. The average Bonchev–Trinajstić information content (AvgIpc) is 2.34. The maximum atomic E-state index is 5.58. The lowest BCUT2D eigenvalue weighted by Crippen LogP contribution is -2.35. The summed E-state index contributed by atoms with van der Waals surface area (Å²) in [5.74, 6) is 7.10. The van der Waals surface area contributed by atoms with Gasteiger partial charge < -0.3 is 14.4 Å². The second kappa shape index (κ2) is 6.44. The number of benzene rings is 1. The molecule has 1 unspecified atom stereocenters. The topological polar surface area (TPSA) is 59.8 Å². The molecule has 0 aliphatic heterocycles. The molecule has 1 atom stereocenters. The number of nitrogens with zero attached hydrogens (tertiary/aromatic N) is 1. The summed E-state index contributed by atoms with van der Waals surface area (Å²) in [5, 5.41) is 0. The van der Waals surface area contributed by atoms with Gasteiger partial charge in [-0.2, -0.15) is 0 Å². The molecule has 17 heavy (non-hydrogen) atoms. The lowest BCUT2D eigenvalue weighted by molar-refractivity contribution is 0.341. The Labute approximate surface area is 102 Å². The quantitative estimate of drug-likeness (QED) is 0.567. The lowest BCUT2D eigenvalue weighted by Gasteiger charge is -2.21. The Kier molecular flexibility index (Phi) is 5.21. The van der Waals surface area contributed by atoms with E-state index in [2.05, 4.69) is 10.3 Å². The minimum atomic E-state index is 0.0361. The first-order valence-electron chi connectivity index (χ1n) is 5.44. The van der Waals surface area contributed by atoms with E-state index in [4.69, 9.17) is 15.3 Å². The summed E-state index contributed by atoms with van der Waals surface area (Å²) >= 11 is 0. The molecule has 0 saturated carbocycles. The Balaban J connectivity index is 3.00. The second-order valence-electron chi connectivity index (χ2n) is 4.13. The van der Waals surface area contributed by atoms with Crippen LogP contribution >= 0.6 is 0 Å². The molecule has 1 aromatic carbocycles. The van der Waals surface area contributed by atoms with Crippen molar-refractivity contribution in [2.75, 3.05) is 34.9 Å². The van der Waals surface area contributed by atoms with Crippen LogP contribution in [0.15, 0.2) is 18.2 Å². The molecule has 0 aliphatic carbocycles. The van der Waals surface area contributed by atoms with E-state index in [0.717, 1.165) is 23.6 Å². The zero-order chi connectivity index (χ0) is 12.8. The van der Waals surface area contributed by atoms with Gasteiger partial charge in [0.1, 0.15) is 11.5 Å². The van der Waals surface area contributed by atoms with E-state index < -0.39 is 0 Å². The highest BCUT2D eigenvalue weighted by Crippen LogP contribution is 2.26. The molecule has 1 rings (SSSR count). The summed E-state index contributed by atoms with van der Waals surface area (Å²) < 4.78 is 10.5. The third-order valence-corrected chi connectivity index (χ3v) is 2.53. The third kappa shape index (κ3) is 3.89. The molecule has 1 aromatic rings. The fourth-order valence-corrected chi connectivity index (χ4v) is 1.65. The van der Waals surface area contributed by atoms with Crippen molar-refractivity contribution in [2.45, 2.75) is 6.04 Å². The number of ether oxygens (including phenoxy) is 2. The van der Waals surface area contributed by atoms with Gasteiger partial charge in [0.15, 0.2) is 0 Å². The molecule has 5 heteroatoms. The molecular formula is C12H21N3O2.